The summed E-state index contributed by atoms with van der Waals surface area (Å²) in [6.45, 7) is 9.27. The van der Waals surface area contributed by atoms with Crippen molar-refractivity contribution in [2.24, 2.45) is 5.41 Å². The molecule has 3 nitrogen and oxygen atoms in total. The monoisotopic (exact) mass is 183 g/mol. The van der Waals surface area contributed by atoms with Crippen molar-refractivity contribution in [1.82, 2.24) is 4.90 Å². The molecule has 0 N–H and O–H groups in total. The van der Waals surface area contributed by atoms with Gasteiger partial charge in [0.15, 0.2) is 0 Å². The SMILES string of the molecule is CC1(C)CC(=O)N(C(C)(C)C)C1=O. The van der Waals surface area contributed by atoms with Gasteiger partial charge in [0.25, 0.3) is 0 Å². The Balaban J connectivity index is 3.03. The number of nitrogens with zero attached hydrogens (tertiary/aromatic N) is 1. The summed E-state index contributed by atoms with van der Waals surface area (Å²) in [5.41, 5.74) is -0.897. The Morgan fingerprint density at radius 1 is 1.23 bits per heavy atom. The highest BCUT2D eigenvalue weighted by atomic mass is 16.2. The topological polar surface area (TPSA) is 37.4 Å². The van der Waals surface area contributed by atoms with E-state index < -0.39 is 5.41 Å². The number of carbonyl (C=O) groups is 2. The third-order valence-corrected chi connectivity index (χ3v) is 2.30. The van der Waals surface area contributed by atoms with Gasteiger partial charge >= 0.3 is 0 Å². The summed E-state index contributed by atoms with van der Waals surface area (Å²) in [7, 11) is 0. The van der Waals surface area contributed by atoms with E-state index in [0.717, 1.165) is 0 Å². The normalized spacial score (nSPS) is 22.7. The number of amides is 2. The molecule has 0 aromatic rings. The second kappa shape index (κ2) is 2.56. The van der Waals surface area contributed by atoms with Crippen molar-refractivity contribution in [1.29, 1.82) is 0 Å². The van der Waals surface area contributed by atoms with Gasteiger partial charge in [-0.25, -0.2) is 0 Å². The third-order valence-electron chi connectivity index (χ3n) is 2.30. The molecule has 0 spiro atoms. The molecule has 1 saturated heterocycles. The van der Waals surface area contributed by atoms with Crippen molar-refractivity contribution in [3.63, 3.8) is 0 Å². The van der Waals surface area contributed by atoms with Crippen LogP contribution in [0, 0.1) is 5.41 Å². The number of hydrogen-bond donors (Lipinski definition) is 0. The Bertz CT molecular complexity index is 261. The zero-order chi connectivity index (χ0) is 10.4. The lowest BCUT2D eigenvalue weighted by Gasteiger charge is -2.31. The smallest absolute Gasteiger partial charge is 0.235 e. The fourth-order valence-electron chi connectivity index (χ4n) is 1.63. The maximum absolute atomic E-state index is 11.8. The first kappa shape index (κ1) is 10.2. The van der Waals surface area contributed by atoms with Crippen molar-refractivity contribution in [3.05, 3.63) is 0 Å². The Kier molecular flexibility index (Phi) is 2.02. The van der Waals surface area contributed by atoms with Crippen molar-refractivity contribution >= 4 is 11.8 Å². The van der Waals surface area contributed by atoms with E-state index in [1.54, 1.807) is 0 Å². The first-order chi connectivity index (χ1) is 5.66. The predicted molar refractivity (Wildman–Crippen MR) is 50.0 cm³/mol. The van der Waals surface area contributed by atoms with Gasteiger partial charge < -0.3 is 0 Å². The van der Waals surface area contributed by atoms with Gasteiger partial charge in [0.05, 0.1) is 5.41 Å². The van der Waals surface area contributed by atoms with Gasteiger partial charge in [-0.05, 0) is 20.8 Å². The van der Waals surface area contributed by atoms with Gasteiger partial charge in [-0.15, -0.1) is 0 Å². The van der Waals surface area contributed by atoms with E-state index >= 15 is 0 Å². The number of hydrogen-bond acceptors (Lipinski definition) is 2. The predicted octanol–water partition coefficient (Wildman–Crippen LogP) is 1.57. The van der Waals surface area contributed by atoms with Gasteiger partial charge in [-0.2, -0.15) is 0 Å². The van der Waals surface area contributed by atoms with Crippen LogP contribution in [-0.2, 0) is 9.59 Å². The quantitative estimate of drug-likeness (QED) is 0.534. The molecule has 1 aliphatic rings. The van der Waals surface area contributed by atoms with E-state index in [1.165, 1.54) is 4.90 Å². The number of imide groups is 1. The molecule has 3 heteroatoms. The fourth-order valence-corrected chi connectivity index (χ4v) is 1.63. The highest BCUT2D eigenvalue weighted by molar-refractivity contribution is 6.06. The molecule has 1 heterocycles. The highest BCUT2D eigenvalue weighted by Crippen LogP contribution is 2.35. The van der Waals surface area contributed by atoms with Crippen LogP contribution in [0.4, 0.5) is 0 Å². The average Bonchev–Trinajstić information content (AvgIpc) is 1.99. The summed E-state index contributed by atoms with van der Waals surface area (Å²) in [5, 5.41) is 0. The molecule has 1 fully saturated rings. The summed E-state index contributed by atoms with van der Waals surface area (Å²) >= 11 is 0. The molecule has 0 bridgehead atoms. The van der Waals surface area contributed by atoms with Crippen LogP contribution in [0.15, 0.2) is 0 Å². The summed E-state index contributed by atoms with van der Waals surface area (Å²) in [6.07, 6.45) is 0.336. The van der Waals surface area contributed by atoms with E-state index in [9.17, 15) is 9.59 Å². The average molecular weight is 183 g/mol. The molecule has 0 aromatic heterocycles. The van der Waals surface area contributed by atoms with E-state index in [1.807, 2.05) is 34.6 Å². The summed E-state index contributed by atoms with van der Waals surface area (Å²) in [4.78, 5) is 24.7. The Morgan fingerprint density at radius 3 is 1.85 bits per heavy atom. The minimum Gasteiger partial charge on any atom is -0.277 e. The van der Waals surface area contributed by atoms with Crippen LogP contribution in [0.5, 0.6) is 0 Å². The van der Waals surface area contributed by atoms with Crippen molar-refractivity contribution in [3.8, 4) is 0 Å². The molecule has 2 amide bonds. The van der Waals surface area contributed by atoms with Gasteiger partial charge in [0.2, 0.25) is 11.8 Å². The van der Waals surface area contributed by atoms with Crippen LogP contribution in [0.2, 0.25) is 0 Å². The lowest BCUT2D eigenvalue weighted by atomic mass is 9.91. The molecule has 13 heavy (non-hydrogen) atoms. The van der Waals surface area contributed by atoms with E-state index in [2.05, 4.69) is 0 Å². The first-order valence-electron chi connectivity index (χ1n) is 4.54. The van der Waals surface area contributed by atoms with Crippen LogP contribution in [0.3, 0.4) is 0 Å². The fraction of sp³-hybridized carbons (Fsp3) is 0.800. The van der Waals surface area contributed by atoms with Gasteiger partial charge in [-0.1, -0.05) is 13.8 Å². The number of rotatable bonds is 0. The Morgan fingerprint density at radius 2 is 1.69 bits per heavy atom. The molecular weight excluding hydrogens is 166 g/mol. The van der Waals surface area contributed by atoms with Crippen LogP contribution in [0.25, 0.3) is 0 Å². The molecule has 0 unspecified atom stereocenters. The van der Waals surface area contributed by atoms with Gasteiger partial charge in [0, 0.05) is 12.0 Å². The minimum atomic E-state index is -0.510. The van der Waals surface area contributed by atoms with Crippen molar-refractivity contribution in [2.45, 2.75) is 46.6 Å². The molecule has 0 saturated carbocycles. The van der Waals surface area contributed by atoms with Crippen molar-refractivity contribution < 1.29 is 9.59 Å². The number of likely N-dealkylation sites (tertiary alicyclic amines) is 1. The number of carbonyl (C=O) groups excluding carboxylic acids is 2. The van der Waals surface area contributed by atoms with E-state index in [4.69, 9.17) is 0 Å². The Labute approximate surface area is 79.1 Å². The van der Waals surface area contributed by atoms with Gasteiger partial charge in [-0.3, -0.25) is 14.5 Å². The molecule has 1 aliphatic heterocycles. The summed E-state index contributed by atoms with van der Waals surface area (Å²) < 4.78 is 0. The molecule has 0 aromatic carbocycles. The zero-order valence-electron chi connectivity index (χ0n) is 8.97. The second-order valence-corrected chi connectivity index (χ2v) is 5.27. The first-order valence-corrected chi connectivity index (χ1v) is 4.54. The maximum Gasteiger partial charge on any atom is 0.235 e. The highest BCUT2D eigenvalue weighted by Gasteiger charge is 2.48. The second-order valence-electron chi connectivity index (χ2n) is 5.27. The van der Waals surface area contributed by atoms with Crippen LogP contribution in [0.1, 0.15) is 41.0 Å². The third kappa shape index (κ3) is 1.60. The zero-order valence-corrected chi connectivity index (χ0v) is 8.97. The van der Waals surface area contributed by atoms with E-state index in [-0.39, 0.29) is 17.4 Å². The lowest BCUT2D eigenvalue weighted by Crippen LogP contribution is -2.46. The summed E-state index contributed by atoms with van der Waals surface area (Å²) in [5.74, 6) is -0.104. The molecule has 0 atom stereocenters. The molecule has 0 radical (unpaired) electrons. The molecule has 1 rings (SSSR count). The van der Waals surface area contributed by atoms with Crippen LogP contribution >= 0.6 is 0 Å². The minimum absolute atomic E-state index is 0.0509. The van der Waals surface area contributed by atoms with Crippen molar-refractivity contribution in [2.75, 3.05) is 0 Å². The molecule has 74 valence electrons. The van der Waals surface area contributed by atoms with Crippen LogP contribution < -0.4 is 0 Å². The maximum atomic E-state index is 11.8. The van der Waals surface area contributed by atoms with E-state index in [0.29, 0.717) is 6.42 Å². The standard InChI is InChI=1S/C10H17NO2/c1-9(2,3)11-7(12)6-10(4,5)8(11)13/h6H2,1-5H3. The molecule has 0 aliphatic carbocycles. The lowest BCUT2D eigenvalue weighted by molar-refractivity contribution is -0.146. The van der Waals surface area contributed by atoms with Crippen LogP contribution in [-0.4, -0.2) is 22.3 Å². The molecular formula is C10H17NO2. The summed E-state index contributed by atoms with van der Waals surface area (Å²) in [6, 6.07) is 0. The Hall–Kier alpha value is -0.860. The largest absolute Gasteiger partial charge is 0.277 e. The van der Waals surface area contributed by atoms with Gasteiger partial charge in [0.1, 0.15) is 0 Å².